The lowest BCUT2D eigenvalue weighted by Gasteiger charge is -2.14. The highest BCUT2D eigenvalue weighted by atomic mass is 19.3. The van der Waals surface area contributed by atoms with Gasteiger partial charge in [-0.1, -0.05) is 0 Å². The van der Waals surface area contributed by atoms with E-state index in [-0.39, 0.29) is 28.3 Å². The predicted molar refractivity (Wildman–Crippen MR) is 129 cm³/mol. The van der Waals surface area contributed by atoms with Crippen molar-refractivity contribution >= 4 is 11.6 Å². The van der Waals surface area contributed by atoms with Crippen molar-refractivity contribution in [1.82, 2.24) is 9.36 Å². The number of methoxy groups -OCH3 is 1. The molecule has 0 fully saturated rings. The van der Waals surface area contributed by atoms with Gasteiger partial charge in [-0.25, -0.2) is 17.9 Å². The quantitative estimate of drug-likeness (QED) is 0.331. The number of ether oxygens (including phenoxy) is 2. The van der Waals surface area contributed by atoms with E-state index in [2.05, 4.69) is 10.1 Å². The van der Waals surface area contributed by atoms with Gasteiger partial charge in [-0.05, 0) is 36.4 Å². The van der Waals surface area contributed by atoms with E-state index in [9.17, 15) is 28.0 Å². The summed E-state index contributed by atoms with van der Waals surface area (Å²) in [5, 5.41) is 11.8. The van der Waals surface area contributed by atoms with Gasteiger partial charge in [0.1, 0.15) is 46.4 Å². The van der Waals surface area contributed by atoms with Gasteiger partial charge < -0.3 is 14.8 Å². The van der Waals surface area contributed by atoms with Gasteiger partial charge in [0.25, 0.3) is 11.5 Å². The zero-order valence-electron chi connectivity index (χ0n) is 20.1. The molecule has 0 saturated carbocycles. The second-order valence-corrected chi connectivity index (χ2v) is 7.96. The average Bonchev–Trinajstić information content (AvgIpc) is 3.12. The lowest BCUT2D eigenvalue weighted by Crippen LogP contribution is -2.23. The Kier molecular flexibility index (Phi) is 7.39. The predicted octanol–water partition coefficient (Wildman–Crippen LogP) is 4.99. The van der Waals surface area contributed by atoms with Crippen molar-refractivity contribution in [1.29, 1.82) is 5.26 Å². The third-order valence-electron chi connectivity index (χ3n) is 5.64. The molecule has 1 heterocycles. The maximum atomic E-state index is 15.2. The zero-order chi connectivity index (χ0) is 28.4. The van der Waals surface area contributed by atoms with E-state index in [1.807, 2.05) is 6.07 Å². The summed E-state index contributed by atoms with van der Waals surface area (Å²) < 4.78 is 80.2. The van der Waals surface area contributed by atoms with Gasteiger partial charge in [-0.15, -0.1) is 0 Å². The van der Waals surface area contributed by atoms with Gasteiger partial charge in [0.15, 0.2) is 0 Å². The van der Waals surface area contributed by atoms with Gasteiger partial charge in [0, 0.05) is 30.8 Å². The number of rotatable bonds is 7. The number of nitrogens with one attached hydrogen (secondary N) is 1. The van der Waals surface area contributed by atoms with Crippen LogP contribution in [0.1, 0.15) is 15.9 Å². The summed E-state index contributed by atoms with van der Waals surface area (Å²) in [6.07, 6.45) is 0. The lowest BCUT2D eigenvalue weighted by atomic mass is 10.1. The van der Waals surface area contributed by atoms with E-state index >= 15 is 8.78 Å². The van der Waals surface area contributed by atoms with Gasteiger partial charge in [0.2, 0.25) is 0 Å². The lowest BCUT2D eigenvalue weighted by molar-refractivity contribution is -0.0498. The Morgan fingerprint density at radius 3 is 2.21 bits per heavy atom. The number of nitrogens with zero attached hydrogens (tertiary/aromatic N) is 3. The number of nitriles is 1. The van der Waals surface area contributed by atoms with Crippen LogP contribution >= 0.6 is 0 Å². The molecule has 4 rings (SSSR count). The highest BCUT2D eigenvalue weighted by Gasteiger charge is 2.28. The van der Waals surface area contributed by atoms with E-state index in [1.54, 1.807) is 0 Å². The normalized spacial score (nSPS) is 10.8. The highest BCUT2D eigenvalue weighted by molar-refractivity contribution is 6.06. The third-order valence-corrected chi connectivity index (χ3v) is 5.64. The Morgan fingerprint density at radius 1 is 1.00 bits per heavy atom. The molecule has 1 amide bonds. The molecule has 0 aliphatic heterocycles. The van der Waals surface area contributed by atoms with Crippen LogP contribution in [0.3, 0.4) is 0 Å². The molecule has 1 aromatic heterocycles. The first kappa shape index (κ1) is 26.9. The molecule has 8 nitrogen and oxygen atoms in total. The van der Waals surface area contributed by atoms with E-state index in [4.69, 9.17) is 4.74 Å². The maximum absolute atomic E-state index is 15.2. The van der Waals surface area contributed by atoms with E-state index in [1.165, 1.54) is 14.2 Å². The number of aromatic nitrogens is 2. The molecule has 0 atom stereocenters. The number of halogens is 5. The molecule has 0 radical (unpaired) electrons. The molecule has 1 N–H and O–H groups in total. The van der Waals surface area contributed by atoms with Crippen LogP contribution in [0, 0.1) is 28.8 Å². The molecule has 0 spiro atoms. The maximum Gasteiger partial charge on any atom is 0.387 e. The fraction of sp³-hybridized carbons (Fsp3) is 0.115. The van der Waals surface area contributed by atoms with Crippen LogP contribution in [0.4, 0.5) is 27.6 Å². The second kappa shape index (κ2) is 10.7. The molecule has 13 heteroatoms. The first-order valence-electron chi connectivity index (χ1n) is 11.0. The van der Waals surface area contributed by atoms with Crippen LogP contribution in [-0.4, -0.2) is 29.0 Å². The molecule has 0 aliphatic carbocycles. The van der Waals surface area contributed by atoms with Gasteiger partial charge >= 0.3 is 6.61 Å². The smallest absolute Gasteiger partial charge is 0.387 e. The first-order chi connectivity index (χ1) is 18.5. The number of hydrogen-bond acceptors (Lipinski definition) is 5. The molecular weight excluding hydrogens is 527 g/mol. The summed E-state index contributed by atoms with van der Waals surface area (Å²) in [4.78, 5) is 26.6. The number of anilines is 1. The van der Waals surface area contributed by atoms with Crippen LogP contribution < -0.4 is 20.3 Å². The van der Waals surface area contributed by atoms with Crippen molar-refractivity contribution in [2.75, 3.05) is 12.4 Å². The summed E-state index contributed by atoms with van der Waals surface area (Å²) in [5.41, 5.74) is -3.33. The highest BCUT2D eigenvalue weighted by Crippen LogP contribution is 2.34. The van der Waals surface area contributed by atoms with Gasteiger partial charge in [-0.2, -0.15) is 14.0 Å². The average molecular weight is 544 g/mol. The van der Waals surface area contributed by atoms with Crippen molar-refractivity contribution in [3.8, 4) is 34.5 Å². The summed E-state index contributed by atoms with van der Waals surface area (Å²) in [7, 11) is 2.41. The van der Waals surface area contributed by atoms with Gasteiger partial charge in [-0.3, -0.25) is 14.3 Å². The van der Waals surface area contributed by atoms with E-state index < -0.39 is 52.5 Å². The third kappa shape index (κ3) is 5.17. The van der Waals surface area contributed by atoms with Crippen molar-refractivity contribution in [3.63, 3.8) is 0 Å². The molecule has 0 aliphatic rings. The number of carbonyl (C=O) groups is 1. The molecule has 0 saturated heterocycles. The summed E-state index contributed by atoms with van der Waals surface area (Å²) >= 11 is 0. The van der Waals surface area contributed by atoms with Crippen LogP contribution in [0.15, 0.2) is 59.4 Å². The van der Waals surface area contributed by atoms with Crippen molar-refractivity contribution < 1.29 is 36.2 Å². The molecule has 0 unspecified atom stereocenters. The number of amides is 1. The second-order valence-electron chi connectivity index (χ2n) is 7.96. The topological polar surface area (TPSA) is 98.3 Å². The minimum atomic E-state index is -3.09. The molecule has 0 bridgehead atoms. The number of alkyl halides is 2. The van der Waals surface area contributed by atoms with Crippen molar-refractivity contribution in [2.24, 2.45) is 7.05 Å². The largest absolute Gasteiger partial charge is 0.497 e. The van der Waals surface area contributed by atoms with Crippen LogP contribution in [0.5, 0.6) is 11.5 Å². The molecule has 3 aromatic carbocycles. The molecule has 39 heavy (non-hydrogen) atoms. The Labute approximate surface area is 217 Å². The zero-order valence-corrected chi connectivity index (χ0v) is 20.1. The SMILES string of the molecule is COc1cc(F)c(-c2c(NC(=O)c3ccc(OC(F)F)cc3)c(=O)n(-c3cc(F)ccc3C#N)n2C)c(F)c1. The van der Waals surface area contributed by atoms with E-state index in [0.29, 0.717) is 0 Å². The van der Waals surface area contributed by atoms with Crippen LogP contribution in [0.25, 0.3) is 16.9 Å². The Morgan fingerprint density at radius 2 is 1.64 bits per heavy atom. The Bertz CT molecular complexity index is 1650. The summed E-state index contributed by atoms with van der Waals surface area (Å²) in [5.74, 6) is -4.44. The fourth-order valence-corrected chi connectivity index (χ4v) is 3.92. The molecular formula is C26H17F5N4O4. The fourth-order valence-electron chi connectivity index (χ4n) is 3.92. The Hall–Kier alpha value is -5.12. The van der Waals surface area contributed by atoms with Gasteiger partial charge in [0.05, 0.1) is 23.9 Å². The minimum Gasteiger partial charge on any atom is -0.497 e. The van der Waals surface area contributed by atoms with Crippen LogP contribution in [-0.2, 0) is 7.05 Å². The van der Waals surface area contributed by atoms with Crippen LogP contribution in [0.2, 0.25) is 0 Å². The summed E-state index contributed by atoms with van der Waals surface area (Å²) in [6, 6.07) is 10.9. The number of carbonyl (C=O) groups excluding carboxylic acids is 1. The Balaban J connectivity index is 1.93. The number of benzene rings is 3. The van der Waals surface area contributed by atoms with E-state index in [0.717, 1.165) is 64.0 Å². The van der Waals surface area contributed by atoms with Crippen molar-refractivity contribution in [3.05, 3.63) is 93.5 Å². The van der Waals surface area contributed by atoms with Crippen molar-refractivity contribution in [2.45, 2.75) is 6.61 Å². The standard InChI is InChI=1S/C26H17F5N4O4/c1-34-23(21-18(28)10-17(38-2)11-19(21)29)22(25(37)35(34)20-9-15(27)6-3-14(20)12-32)33-24(36)13-4-7-16(8-5-13)39-26(30)31/h3-11,26H,1-2H3,(H,33,36). The minimum absolute atomic E-state index is 0.114. The summed E-state index contributed by atoms with van der Waals surface area (Å²) in [6.45, 7) is -3.09. The molecule has 200 valence electrons. The monoisotopic (exact) mass is 544 g/mol. The first-order valence-corrected chi connectivity index (χ1v) is 11.0. The number of hydrogen-bond donors (Lipinski definition) is 1. The molecule has 4 aromatic rings.